The van der Waals surface area contributed by atoms with E-state index in [1.807, 2.05) is 110 Å². The summed E-state index contributed by atoms with van der Waals surface area (Å²) >= 11 is 8.74. The van der Waals surface area contributed by atoms with Gasteiger partial charge in [0.05, 0.1) is 27.1 Å². The van der Waals surface area contributed by atoms with E-state index in [4.69, 9.17) is 15.6 Å². The third-order valence-electron chi connectivity index (χ3n) is 9.13. The van der Waals surface area contributed by atoms with Crippen molar-refractivity contribution in [3.63, 3.8) is 0 Å². The molecular weight excluding hydrogens is 1450 g/mol. The second-order valence-electron chi connectivity index (χ2n) is 18.6. The summed E-state index contributed by atoms with van der Waals surface area (Å²) in [7, 11) is 4.69. The molecule has 0 aliphatic heterocycles. The van der Waals surface area contributed by atoms with Gasteiger partial charge in [-0.05, 0) is 132 Å². The fourth-order valence-electron chi connectivity index (χ4n) is 6.22. The van der Waals surface area contributed by atoms with Crippen LogP contribution in [0.2, 0.25) is 0 Å². The molecular formula is C49H58FI4KN12O8. The number of ether oxygens (including phenoxy) is 4. The van der Waals surface area contributed by atoms with E-state index in [0.717, 1.165) is 64.4 Å². The normalized spacial score (nSPS) is 10.9. The molecule has 26 heteroatoms. The maximum atomic E-state index is 12.3. The summed E-state index contributed by atoms with van der Waals surface area (Å²) in [6, 6.07) is 8.28. The van der Waals surface area contributed by atoms with Crippen LogP contribution in [-0.4, -0.2) is 107 Å². The Bertz CT molecular complexity index is 3260. The fraction of sp³-hybridized carbons (Fsp3) is 0.327. The predicted molar refractivity (Wildman–Crippen MR) is 316 cm³/mol. The SMILES string of the molecule is CC(C)(C)OC(=O)OC(=O)OC(C)(C)C.Cn1cc(-c2cnc3[nH]cc(I)c3c2)cn1.Cn1cc(-c2cnc3[nH]ccc3c2)cn1.Cn1cc(-c2cnc3c(c2)c(I)cn3C(=O)OC(C)(C)C)cn1.II.[2H]CF.[K+].[OH-]. The number of aromatic amines is 2. The zero-order chi connectivity index (χ0) is 55.1. The summed E-state index contributed by atoms with van der Waals surface area (Å²) in [4.78, 5) is 53.7. The summed E-state index contributed by atoms with van der Waals surface area (Å²) in [5.74, 6) is 0. The number of carbonyl (C=O) groups excluding carboxylic acids is 3. The van der Waals surface area contributed by atoms with Crippen molar-refractivity contribution >= 4 is 134 Å². The molecule has 0 unspecified atom stereocenters. The van der Waals surface area contributed by atoms with Gasteiger partial charge in [0, 0.05) is 171 Å². The van der Waals surface area contributed by atoms with Crippen LogP contribution in [0.15, 0.2) is 98.6 Å². The summed E-state index contributed by atoms with van der Waals surface area (Å²) < 4.78 is 43.6. The molecule has 398 valence electrons. The molecule has 0 bridgehead atoms. The molecule has 0 radical (unpaired) electrons. The minimum atomic E-state index is -1.06. The maximum Gasteiger partial charge on any atom is 1.00 e. The standard InChI is InChI=1S/C16H17IN4O2.C11H9IN4.C11H10N4.C10H18O5.CH3F.I2.K.H2O/c1-16(2,3)23-15(22)21-9-13(17)12-5-10(6-18-14(12)21)11-7-19-20(4)8-11;1-16-6-8(4-15-16)7-2-9-10(12)5-14-11(9)13-3-7;1-15-7-10(6-14-15)9-4-8-2-3-12-11(8)13-5-9;1-9(2,3)14-7(11)13-8(12)15-10(4,5)6;2*1-2;;/h5-9H,1-4H3;2-6H,1H3,(H,13,14);2-7H,1H3,(H,12,13);1-6H3;1H3;;;1H2/q;;;;;;+1;/p-1/i;;;;1D;;;. The first-order valence-electron chi connectivity index (χ1n) is 22.5. The molecule has 3 N–H and O–H groups in total. The number of fused-ring (bicyclic) bond motifs is 3. The van der Waals surface area contributed by atoms with Gasteiger partial charge in [0.25, 0.3) is 0 Å². The Morgan fingerprint density at radius 3 is 1.47 bits per heavy atom. The van der Waals surface area contributed by atoms with Crippen LogP contribution in [0, 0.1) is 7.14 Å². The summed E-state index contributed by atoms with van der Waals surface area (Å²) in [5, 5.41) is 15.7. The number of rotatable bonds is 3. The number of aryl methyl sites for hydroxylation is 3. The van der Waals surface area contributed by atoms with E-state index in [0.29, 0.717) is 5.65 Å². The second-order valence-corrected chi connectivity index (χ2v) is 20.9. The Kier molecular flexibility index (Phi) is 26.7. The van der Waals surface area contributed by atoms with E-state index in [1.165, 1.54) is 8.14 Å². The van der Waals surface area contributed by atoms with Crippen molar-refractivity contribution in [1.82, 2.24) is 58.8 Å². The number of H-pyrrole nitrogens is 2. The van der Waals surface area contributed by atoms with Crippen molar-refractivity contribution in [3.05, 3.63) is 106 Å². The van der Waals surface area contributed by atoms with Gasteiger partial charge in [-0.2, -0.15) is 15.3 Å². The van der Waals surface area contributed by atoms with Gasteiger partial charge in [-0.25, -0.2) is 33.9 Å². The molecule has 0 amide bonds. The molecule has 9 aromatic heterocycles. The largest absolute Gasteiger partial charge is 1.00 e. The van der Waals surface area contributed by atoms with E-state index >= 15 is 0 Å². The van der Waals surface area contributed by atoms with Crippen LogP contribution in [0.3, 0.4) is 0 Å². The fourth-order valence-corrected chi connectivity index (χ4v) is 7.47. The first kappa shape index (κ1) is 65.6. The van der Waals surface area contributed by atoms with Gasteiger partial charge in [-0.3, -0.25) is 18.4 Å². The van der Waals surface area contributed by atoms with Crippen LogP contribution in [-0.2, 0) is 40.1 Å². The molecule has 9 heterocycles. The number of carbonyl (C=O) groups is 3. The van der Waals surface area contributed by atoms with Gasteiger partial charge in [-0.1, -0.05) is 0 Å². The molecule has 75 heavy (non-hydrogen) atoms. The molecule has 0 spiro atoms. The molecule has 0 saturated carbocycles. The van der Waals surface area contributed by atoms with Gasteiger partial charge in [0.15, 0.2) is 5.65 Å². The Labute approximate surface area is 528 Å². The average molecular weight is 1510 g/mol. The predicted octanol–water partition coefficient (Wildman–Crippen LogP) is 10.4. The van der Waals surface area contributed by atoms with E-state index in [2.05, 4.69) is 139 Å². The zero-order valence-corrected chi connectivity index (χ0v) is 55.4. The van der Waals surface area contributed by atoms with E-state index in [9.17, 15) is 18.8 Å². The van der Waals surface area contributed by atoms with Gasteiger partial charge < -0.3 is 34.4 Å². The number of hydrogen-bond acceptors (Lipinski definition) is 14. The van der Waals surface area contributed by atoms with Crippen LogP contribution in [0.5, 0.6) is 0 Å². The quantitative estimate of drug-likeness (QED) is 0.0549. The number of pyridine rings is 3. The number of nitrogens with one attached hydrogen (secondary N) is 2. The minimum absolute atomic E-state index is 0. The molecule has 20 nitrogen and oxygen atoms in total. The molecule has 0 aliphatic carbocycles. The topological polar surface area (TPSA) is 247 Å². The molecule has 0 atom stereocenters. The number of nitrogens with zero attached hydrogens (tertiary/aromatic N) is 10. The third kappa shape index (κ3) is 21.3. The Hall–Kier alpha value is -3.64. The van der Waals surface area contributed by atoms with Crippen LogP contribution in [0.1, 0.15) is 63.7 Å². The van der Waals surface area contributed by atoms with Crippen molar-refractivity contribution in [2.75, 3.05) is 7.15 Å². The van der Waals surface area contributed by atoms with E-state index < -0.39 is 42.4 Å². The van der Waals surface area contributed by atoms with Gasteiger partial charge in [-0.15, -0.1) is 0 Å². The maximum absolute atomic E-state index is 12.3. The van der Waals surface area contributed by atoms with Gasteiger partial charge in [0.1, 0.15) is 28.1 Å². The average Bonchev–Trinajstić information content (AvgIpc) is 4.19. The van der Waals surface area contributed by atoms with Crippen LogP contribution >= 0.6 is 82.4 Å². The van der Waals surface area contributed by atoms with Crippen LogP contribution < -0.4 is 51.4 Å². The van der Waals surface area contributed by atoms with Crippen molar-refractivity contribution in [2.45, 2.75) is 79.1 Å². The molecule has 0 saturated heterocycles. The first-order valence-corrected chi connectivity index (χ1v) is 30.2. The number of aromatic nitrogens is 12. The molecule has 9 rings (SSSR count). The monoisotopic (exact) mass is 1510 g/mol. The first-order chi connectivity index (χ1) is 34.7. The summed E-state index contributed by atoms with van der Waals surface area (Å²) in [5.41, 5.74) is 6.83. The van der Waals surface area contributed by atoms with Gasteiger partial charge in [0.2, 0.25) is 0 Å². The Balaban J connectivity index is 0.000000339. The smallest absolute Gasteiger partial charge is 0.870 e. The molecule has 9 aromatic rings. The van der Waals surface area contributed by atoms with Crippen LogP contribution in [0.25, 0.3) is 66.5 Å². The zero-order valence-electron chi connectivity index (χ0n) is 44.6. The Morgan fingerprint density at radius 2 is 1.03 bits per heavy atom. The molecule has 0 aliphatic rings. The summed E-state index contributed by atoms with van der Waals surface area (Å²) in [6.45, 7) is 15.5. The number of halogens is 5. The van der Waals surface area contributed by atoms with E-state index in [-0.39, 0.29) is 56.9 Å². The Morgan fingerprint density at radius 1 is 0.600 bits per heavy atom. The van der Waals surface area contributed by atoms with Crippen LogP contribution in [0.4, 0.5) is 18.8 Å². The molecule has 0 aromatic carbocycles. The van der Waals surface area contributed by atoms with Crippen molar-refractivity contribution in [2.24, 2.45) is 21.1 Å². The van der Waals surface area contributed by atoms with Crippen molar-refractivity contribution in [3.8, 4) is 33.4 Å². The number of alkyl halides is 1. The second kappa shape index (κ2) is 30.5. The summed E-state index contributed by atoms with van der Waals surface area (Å²) in [6.07, 6.45) is 19.9. The van der Waals surface area contributed by atoms with Crippen molar-refractivity contribution < 1.29 is 96.0 Å². The number of hydrogen-bond donors (Lipinski definition) is 2. The molecule has 0 fully saturated rings. The van der Waals surface area contributed by atoms with Gasteiger partial charge >= 0.3 is 69.8 Å². The third-order valence-corrected chi connectivity index (χ3v) is 10.9. The van der Waals surface area contributed by atoms with Crippen molar-refractivity contribution in [1.29, 1.82) is 0 Å². The van der Waals surface area contributed by atoms with E-state index in [1.54, 1.807) is 74.2 Å². The minimum Gasteiger partial charge on any atom is -0.870 e.